The average molecular weight is 432 g/mol. The molecule has 0 spiro atoms. The normalized spacial score (nSPS) is 10.8. The van der Waals surface area contributed by atoms with Gasteiger partial charge in [-0.3, -0.25) is 10.1 Å². The first-order chi connectivity index (χ1) is 14.0. The number of likely N-dealkylation sites (N-methyl/N-ethyl adjacent to an activating group) is 1. The number of ether oxygens (including phenoxy) is 2. The van der Waals surface area contributed by atoms with E-state index in [1.807, 2.05) is 43.7 Å². The minimum atomic E-state index is -0.304. The number of benzene rings is 2. The standard InChI is InChI=1S/C21H22ClN3O3S/c1-25(2)11-12-27-18-9-5-3-7-15(18)17-14-29-21(23-17)24-20(26)13-28-19-10-6-4-8-16(19)22/h3-10,14H,11-13H2,1-2H3,(H,23,24,26). The molecule has 1 amide bonds. The van der Waals surface area contributed by atoms with Gasteiger partial charge in [-0.25, -0.2) is 4.98 Å². The number of para-hydroxylation sites is 2. The molecule has 0 bridgehead atoms. The zero-order valence-corrected chi connectivity index (χ0v) is 17.8. The van der Waals surface area contributed by atoms with Crippen molar-refractivity contribution in [2.45, 2.75) is 0 Å². The lowest BCUT2D eigenvalue weighted by molar-refractivity contribution is -0.118. The fraction of sp³-hybridized carbons (Fsp3) is 0.238. The van der Waals surface area contributed by atoms with Crippen LogP contribution in [0.2, 0.25) is 5.02 Å². The molecule has 0 unspecified atom stereocenters. The number of hydrogen-bond acceptors (Lipinski definition) is 6. The van der Waals surface area contributed by atoms with E-state index in [1.54, 1.807) is 24.3 Å². The summed E-state index contributed by atoms with van der Waals surface area (Å²) in [4.78, 5) is 18.7. The lowest BCUT2D eigenvalue weighted by Gasteiger charge is -2.13. The second kappa shape index (κ2) is 10.2. The Balaban J connectivity index is 1.61. The van der Waals surface area contributed by atoms with Crippen LogP contribution in [-0.4, -0.2) is 49.6 Å². The van der Waals surface area contributed by atoms with Gasteiger partial charge in [-0.2, -0.15) is 0 Å². The summed E-state index contributed by atoms with van der Waals surface area (Å²) in [5.74, 6) is 0.925. The van der Waals surface area contributed by atoms with Crippen LogP contribution in [0, 0.1) is 0 Å². The second-order valence-electron chi connectivity index (χ2n) is 6.45. The van der Waals surface area contributed by atoms with Crippen LogP contribution in [0.1, 0.15) is 0 Å². The number of halogens is 1. The van der Waals surface area contributed by atoms with Gasteiger partial charge in [0.05, 0.1) is 10.7 Å². The van der Waals surface area contributed by atoms with Gasteiger partial charge in [0, 0.05) is 17.5 Å². The molecular weight excluding hydrogens is 410 g/mol. The Kier molecular flexibility index (Phi) is 7.46. The number of nitrogens with zero attached hydrogens (tertiary/aromatic N) is 2. The number of rotatable bonds is 9. The number of aromatic nitrogens is 1. The smallest absolute Gasteiger partial charge is 0.264 e. The Morgan fingerprint density at radius 3 is 2.59 bits per heavy atom. The van der Waals surface area contributed by atoms with Crippen molar-refractivity contribution in [1.29, 1.82) is 0 Å². The summed E-state index contributed by atoms with van der Waals surface area (Å²) in [6, 6.07) is 14.7. The maximum absolute atomic E-state index is 12.2. The molecule has 0 fully saturated rings. The molecule has 0 saturated carbocycles. The first-order valence-electron chi connectivity index (χ1n) is 9.02. The summed E-state index contributed by atoms with van der Waals surface area (Å²) in [6.45, 7) is 1.25. The topological polar surface area (TPSA) is 63.7 Å². The maximum atomic E-state index is 12.2. The fourth-order valence-electron chi connectivity index (χ4n) is 2.46. The highest BCUT2D eigenvalue weighted by atomic mass is 35.5. The number of anilines is 1. The highest BCUT2D eigenvalue weighted by Crippen LogP contribution is 2.32. The number of nitrogens with one attached hydrogen (secondary N) is 1. The Labute approximate surface area is 179 Å². The monoisotopic (exact) mass is 431 g/mol. The van der Waals surface area contributed by atoms with Crippen molar-refractivity contribution in [2.75, 3.05) is 39.2 Å². The predicted octanol–water partition coefficient (Wildman–Crippen LogP) is 4.42. The molecule has 1 N–H and O–H groups in total. The molecule has 0 aliphatic rings. The van der Waals surface area contributed by atoms with E-state index < -0.39 is 0 Å². The van der Waals surface area contributed by atoms with Gasteiger partial charge < -0.3 is 14.4 Å². The summed E-state index contributed by atoms with van der Waals surface area (Å²) in [5, 5.41) is 5.60. The molecule has 3 aromatic rings. The molecule has 1 aromatic heterocycles. The molecule has 29 heavy (non-hydrogen) atoms. The highest BCUT2D eigenvalue weighted by Gasteiger charge is 2.12. The summed E-state index contributed by atoms with van der Waals surface area (Å²) < 4.78 is 11.3. The fourth-order valence-corrected chi connectivity index (χ4v) is 3.37. The van der Waals surface area contributed by atoms with Crippen molar-refractivity contribution >= 4 is 34.0 Å². The molecule has 152 valence electrons. The molecule has 2 aromatic carbocycles. The summed E-state index contributed by atoms with van der Waals surface area (Å²) in [7, 11) is 4.00. The van der Waals surface area contributed by atoms with Gasteiger partial charge in [-0.15, -0.1) is 11.3 Å². The minimum Gasteiger partial charge on any atom is -0.492 e. The molecule has 6 nitrogen and oxygen atoms in total. The SMILES string of the molecule is CN(C)CCOc1ccccc1-c1csc(NC(=O)COc2ccccc2Cl)n1. The van der Waals surface area contributed by atoms with Crippen molar-refractivity contribution in [2.24, 2.45) is 0 Å². The molecular formula is C21H22ClN3O3S. The molecule has 3 rings (SSSR count). The van der Waals surface area contributed by atoms with Gasteiger partial charge in [0.2, 0.25) is 0 Å². The van der Waals surface area contributed by atoms with Crippen LogP contribution < -0.4 is 14.8 Å². The van der Waals surface area contributed by atoms with E-state index in [9.17, 15) is 4.79 Å². The van der Waals surface area contributed by atoms with Gasteiger partial charge in [-0.05, 0) is 38.4 Å². The van der Waals surface area contributed by atoms with E-state index >= 15 is 0 Å². The maximum Gasteiger partial charge on any atom is 0.264 e. The predicted molar refractivity (Wildman–Crippen MR) is 117 cm³/mol. The zero-order valence-electron chi connectivity index (χ0n) is 16.2. The second-order valence-corrected chi connectivity index (χ2v) is 7.72. The van der Waals surface area contributed by atoms with Crippen molar-refractivity contribution < 1.29 is 14.3 Å². The average Bonchev–Trinajstić information content (AvgIpc) is 3.15. The number of carbonyl (C=O) groups is 1. The van der Waals surface area contributed by atoms with E-state index in [1.165, 1.54) is 11.3 Å². The Morgan fingerprint density at radius 2 is 1.83 bits per heavy atom. The van der Waals surface area contributed by atoms with Crippen LogP contribution in [0.5, 0.6) is 11.5 Å². The molecule has 0 radical (unpaired) electrons. The van der Waals surface area contributed by atoms with Crippen LogP contribution in [0.15, 0.2) is 53.9 Å². The third-order valence-corrected chi connectivity index (χ3v) is 4.98. The first-order valence-corrected chi connectivity index (χ1v) is 10.3. The van der Waals surface area contributed by atoms with E-state index in [0.29, 0.717) is 22.5 Å². The van der Waals surface area contributed by atoms with E-state index in [0.717, 1.165) is 23.6 Å². The lowest BCUT2D eigenvalue weighted by atomic mass is 10.1. The quantitative estimate of drug-likeness (QED) is 0.543. The third kappa shape index (κ3) is 6.19. The Morgan fingerprint density at radius 1 is 1.10 bits per heavy atom. The summed E-state index contributed by atoms with van der Waals surface area (Å²) >= 11 is 7.37. The van der Waals surface area contributed by atoms with Gasteiger partial charge >= 0.3 is 0 Å². The number of amides is 1. The highest BCUT2D eigenvalue weighted by molar-refractivity contribution is 7.14. The summed E-state index contributed by atoms with van der Waals surface area (Å²) in [5.41, 5.74) is 1.63. The van der Waals surface area contributed by atoms with Crippen molar-refractivity contribution in [3.63, 3.8) is 0 Å². The van der Waals surface area contributed by atoms with Gasteiger partial charge in [0.15, 0.2) is 11.7 Å². The van der Waals surface area contributed by atoms with Crippen molar-refractivity contribution in [3.05, 3.63) is 58.9 Å². The minimum absolute atomic E-state index is 0.150. The first kappa shape index (κ1) is 21.1. The Bertz CT molecular complexity index is 962. The van der Waals surface area contributed by atoms with E-state index in [2.05, 4.69) is 15.2 Å². The molecule has 0 atom stereocenters. The van der Waals surface area contributed by atoms with Crippen molar-refractivity contribution in [3.8, 4) is 22.8 Å². The van der Waals surface area contributed by atoms with Gasteiger partial charge in [0.25, 0.3) is 5.91 Å². The van der Waals surface area contributed by atoms with Crippen LogP contribution in [0.4, 0.5) is 5.13 Å². The largest absolute Gasteiger partial charge is 0.492 e. The molecule has 1 heterocycles. The Hall–Kier alpha value is -2.61. The van der Waals surface area contributed by atoms with Crippen molar-refractivity contribution in [1.82, 2.24) is 9.88 Å². The van der Waals surface area contributed by atoms with Crippen LogP contribution in [0.3, 0.4) is 0 Å². The summed E-state index contributed by atoms with van der Waals surface area (Å²) in [6.07, 6.45) is 0. The van der Waals surface area contributed by atoms with Crippen LogP contribution in [0.25, 0.3) is 11.3 Å². The van der Waals surface area contributed by atoms with E-state index in [-0.39, 0.29) is 12.5 Å². The van der Waals surface area contributed by atoms with Gasteiger partial charge in [-0.1, -0.05) is 35.9 Å². The van der Waals surface area contributed by atoms with Crippen LogP contribution >= 0.6 is 22.9 Å². The zero-order chi connectivity index (χ0) is 20.6. The third-order valence-electron chi connectivity index (χ3n) is 3.91. The number of carbonyl (C=O) groups excluding carboxylic acids is 1. The molecule has 0 saturated heterocycles. The number of thiazole rings is 1. The molecule has 0 aliphatic carbocycles. The van der Waals surface area contributed by atoms with Gasteiger partial charge in [0.1, 0.15) is 18.1 Å². The van der Waals surface area contributed by atoms with Crippen LogP contribution in [-0.2, 0) is 4.79 Å². The molecule has 0 aliphatic heterocycles. The van der Waals surface area contributed by atoms with E-state index in [4.69, 9.17) is 21.1 Å². The lowest BCUT2D eigenvalue weighted by Crippen LogP contribution is -2.20. The number of hydrogen-bond donors (Lipinski definition) is 1. The molecule has 8 heteroatoms.